The first kappa shape index (κ1) is 18.5. The Kier molecular flexibility index (Phi) is 5.17. The van der Waals surface area contributed by atoms with Crippen LogP contribution in [-0.2, 0) is 5.41 Å². The predicted molar refractivity (Wildman–Crippen MR) is 103 cm³/mol. The molecule has 3 nitrogen and oxygen atoms in total. The van der Waals surface area contributed by atoms with Gasteiger partial charge in [0.15, 0.2) is 5.78 Å². The third-order valence-corrected chi connectivity index (χ3v) is 3.98. The number of phenolic OH excluding ortho intramolecular Hbond substituents is 2. The number of hydrogen-bond donors (Lipinski definition) is 2. The normalized spacial score (nSPS) is 11.7. The van der Waals surface area contributed by atoms with Crippen molar-refractivity contribution in [2.24, 2.45) is 0 Å². The van der Waals surface area contributed by atoms with Crippen LogP contribution in [0.3, 0.4) is 0 Å². The summed E-state index contributed by atoms with van der Waals surface area (Å²) < 4.78 is 0. The highest BCUT2D eigenvalue weighted by molar-refractivity contribution is 6.06. The number of carbonyl (C=O) groups is 1. The van der Waals surface area contributed by atoms with Crippen LogP contribution in [0.2, 0.25) is 0 Å². The van der Waals surface area contributed by atoms with Gasteiger partial charge < -0.3 is 10.2 Å². The monoisotopic (exact) mass is 336 g/mol. The number of benzene rings is 2. The first-order valence-electron chi connectivity index (χ1n) is 8.14. The van der Waals surface area contributed by atoms with Crippen molar-refractivity contribution in [1.29, 1.82) is 0 Å². The number of hydrogen-bond acceptors (Lipinski definition) is 3. The van der Waals surface area contributed by atoms with Crippen LogP contribution in [0.5, 0.6) is 11.5 Å². The Hall–Kier alpha value is -2.81. The summed E-state index contributed by atoms with van der Waals surface area (Å²) in [4.78, 5) is 12.3. The average molecular weight is 336 g/mol. The van der Waals surface area contributed by atoms with Gasteiger partial charge in [-0.15, -0.1) is 0 Å². The Balaban J connectivity index is 2.41. The van der Waals surface area contributed by atoms with Crippen LogP contribution in [0.25, 0.3) is 11.6 Å². The number of ketones is 1. The quantitative estimate of drug-likeness (QED) is 0.586. The molecule has 0 aromatic heterocycles. The fourth-order valence-corrected chi connectivity index (χ4v) is 2.54. The van der Waals surface area contributed by atoms with Crippen molar-refractivity contribution in [1.82, 2.24) is 0 Å². The molecule has 0 saturated carbocycles. The lowest BCUT2D eigenvalue weighted by atomic mass is 9.83. The Labute approximate surface area is 149 Å². The second-order valence-corrected chi connectivity index (χ2v) is 7.24. The largest absolute Gasteiger partial charge is 0.508 e. The van der Waals surface area contributed by atoms with Gasteiger partial charge in [0.2, 0.25) is 0 Å². The van der Waals surface area contributed by atoms with Gasteiger partial charge in [-0.2, -0.15) is 0 Å². The van der Waals surface area contributed by atoms with Gasteiger partial charge in [0.1, 0.15) is 11.5 Å². The Morgan fingerprint density at radius 2 is 1.68 bits per heavy atom. The van der Waals surface area contributed by atoms with E-state index >= 15 is 0 Å². The molecule has 3 heteroatoms. The molecular formula is C22H24O3. The van der Waals surface area contributed by atoms with E-state index in [4.69, 9.17) is 0 Å². The van der Waals surface area contributed by atoms with E-state index in [1.807, 2.05) is 39.8 Å². The van der Waals surface area contributed by atoms with E-state index in [1.54, 1.807) is 18.2 Å². The second kappa shape index (κ2) is 6.98. The van der Waals surface area contributed by atoms with Crippen molar-refractivity contribution in [2.75, 3.05) is 0 Å². The maximum Gasteiger partial charge on any atom is 0.185 e. The number of aromatic hydroxyl groups is 2. The molecule has 0 amide bonds. The second-order valence-electron chi connectivity index (χ2n) is 7.24. The Bertz CT molecular complexity index is 835. The van der Waals surface area contributed by atoms with Gasteiger partial charge in [-0.3, -0.25) is 4.79 Å². The number of carbonyl (C=O) groups excluding carboxylic acids is 1. The standard InChI is InChI=1S/C22H24O3/c1-14(2)18-12-15(13-19(21(18)25)22(3,4)5)6-11-20(24)16-7-9-17(23)10-8-16/h6-13,23,25H,1H2,2-5H3/b11-6+. The lowest BCUT2D eigenvalue weighted by Crippen LogP contribution is -2.12. The molecule has 25 heavy (non-hydrogen) atoms. The summed E-state index contributed by atoms with van der Waals surface area (Å²) in [6, 6.07) is 9.85. The zero-order chi connectivity index (χ0) is 18.8. The molecular weight excluding hydrogens is 312 g/mol. The van der Waals surface area contributed by atoms with Gasteiger partial charge in [0.25, 0.3) is 0 Å². The Morgan fingerprint density at radius 3 is 2.20 bits per heavy atom. The highest BCUT2D eigenvalue weighted by Crippen LogP contribution is 2.37. The predicted octanol–water partition coefficient (Wildman–Crippen LogP) is 5.32. The average Bonchev–Trinajstić information content (AvgIpc) is 2.52. The molecule has 2 N–H and O–H groups in total. The van der Waals surface area contributed by atoms with E-state index in [0.29, 0.717) is 11.1 Å². The SMILES string of the molecule is C=C(C)c1cc(/C=C/C(=O)c2ccc(O)cc2)cc(C(C)(C)C)c1O. The van der Waals surface area contributed by atoms with E-state index in [1.165, 1.54) is 18.2 Å². The van der Waals surface area contributed by atoms with Gasteiger partial charge >= 0.3 is 0 Å². The minimum absolute atomic E-state index is 0.125. The third-order valence-electron chi connectivity index (χ3n) is 3.98. The zero-order valence-electron chi connectivity index (χ0n) is 15.1. The van der Waals surface area contributed by atoms with Crippen molar-refractivity contribution in [2.45, 2.75) is 33.1 Å². The highest BCUT2D eigenvalue weighted by atomic mass is 16.3. The van der Waals surface area contributed by atoms with E-state index < -0.39 is 0 Å². The molecule has 130 valence electrons. The lowest BCUT2D eigenvalue weighted by Gasteiger charge is -2.23. The van der Waals surface area contributed by atoms with Crippen LogP contribution in [0.1, 0.15) is 54.7 Å². The first-order valence-corrected chi connectivity index (χ1v) is 8.14. The van der Waals surface area contributed by atoms with Crippen LogP contribution in [-0.4, -0.2) is 16.0 Å². The molecule has 0 aliphatic heterocycles. The fourth-order valence-electron chi connectivity index (χ4n) is 2.54. The smallest absolute Gasteiger partial charge is 0.185 e. The van der Waals surface area contributed by atoms with E-state index in [2.05, 4.69) is 6.58 Å². The summed E-state index contributed by atoms with van der Waals surface area (Å²) in [6.45, 7) is 11.9. The van der Waals surface area contributed by atoms with Crippen molar-refractivity contribution in [3.8, 4) is 11.5 Å². The molecule has 0 saturated heterocycles. The molecule has 0 aliphatic carbocycles. The topological polar surface area (TPSA) is 57.5 Å². The summed E-state index contributed by atoms with van der Waals surface area (Å²) in [5, 5.41) is 19.8. The van der Waals surface area contributed by atoms with Crippen molar-refractivity contribution < 1.29 is 15.0 Å². The van der Waals surface area contributed by atoms with Gasteiger partial charge in [0, 0.05) is 16.7 Å². The summed E-state index contributed by atoms with van der Waals surface area (Å²) in [6.07, 6.45) is 3.23. The van der Waals surface area contributed by atoms with E-state index in [0.717, 1.165) is 16.7 Å². The molecule has 0 aliphatic rings. The summed E-state index contributed by atoms with van der Waals surface area (Å²) in [5.74, 6) is 0.212. The summed E-state index contributed by atoms with van der Waals surface area (Å²) in [5.41, 5.74) is 3.35. The molecule has 2 rings (SSSR count). The highest BCUT2D eigenvalue weighted by Gasteiger charge is 2.21. The molecule has 2 aromatic carbocycles. The van der Waals surface area contributed by atoms with Crippen LogP contribution in [0.15, 0.2) is 49.1 Å². The van der Waals surface area contributed by atoms with Crippen molar-refractivity contribution in [3.63, 3.8) is 0 Å². The minimum atomic E-state index is -0.237. The zero-order valence-corrected chi connectivity index (χ0v) is 15.1. The molecule has 0 radical (unpaired) electrons. The van der Waals surface area contributed by atoms with Crippen molar-refractivity contribution >= 4 is 17.4 Å². The van der Waals surface area contributed by atoms with Crippen molar-refractivity contribution in [3.05, 3.63) is 71.3 Å². The van der Waals surface area contributed by atoms with Gasteiger partial charge in [-0.1, -0.05) is 33.4 Å². The molecule has 0 bridgehead atoms. The molecule has 0 fully saturated rings. The van der Waals surface area contributed by atoms with Crippen LogP contribution in [0.4, 0.5) is 0 Å². The molecule has 0 spiro atoms. The molecule has 0 unspecified atom stereocenters. The number of rotatable bonds is 4. The number of phenols is 2. The van der Waals surface area contributed by atoms with Gasteiger partial charge in [-0.25, -0.2) is 0 Å². The van der Waals surface area contributed by atoms with Crippen LogP contribution >= 0.6 is 0 Å². The minimum Gasteiger partial charge on any atom is -0.508 e. The van der Waals surface area contributed by atoms with Crippen LogP contribution < -0.4 is 0 Å². The molecule has 2 aromatic rings. The molecule has 0 atom stereocenters. The summed E-state index contributed by atoms with van der Waals surface area (Å²) in [7, 11) is 0. The van der Waals surface area contributed by atoms with Gasteiger partial charge in [0.05, 0.1) is 0 Å². The van der Waals surface area contributed by atoms with E-state index in [9.17, 15) is 15.0 Å². The van der Waals surface area contributed by atoms with Gasteiger partial charge in [-0.05, 0) is 65.9 Å². The Morgan fingerprint density at radius 1 is 1.08 bits per heavy atom. The number of allylic oxidation sites excluding steroid dienone is 2. The first-order chi connectivity index (χ1) is 11.6. The molecule has 0 heterocycles. The van der Waals surface area contributed by atoms with E-state index in [-0.39, 0.29) is 22.7 Å². The lowest BCUT2D eigenvalue weighted by molar-refractivity contribution is 0.104. The third kappa shape index (κ3) is 4.38. The van der Waals surface area contributed by atoms with Crippen LogP contribution in [0, 0.1) is 0 Å². The maximum absolute atomic E-state index is 12.3. The summed E-state index contributed by atoms with van der Waals surface area (Å²) >= 11 is 0. The maximum atomic E-state index is 12.3. The fraction of sp³-hybridized carbons (Fsp3) is 0.227.